The van der Waals surface area contributed by atoms with Crippen LogP contribution in [0.1, 0.15) is 18.4 Å². The summed E-state index contributed by atoms with van der Waals surface area (Å²) in [5.74, 6) is 0.0308. The summed E-state index contributed by atoms with van der Waals surface area (Å²) in [4.78, 5) is 30.2. The molecule has 0 saturated carbocycles. The number of carbonyl (C=O) groups excluding carboxylic acids is 1. The van der Waals surface area contributed by atoms with E-state index in [4.69, 9.17) is 16.3 Å². The van der Waals surface area contributed by atoms with E-state index in [1.807, 2.05) is 31.2 Å². The molecule has 1 fully saturated rings. The molecule has 0 radical (unpaired) electrons. The van der Waals surface area contributed by atoms with Gasteiger partial charge in [-0.25, -0.2) is 4.98 Å². The van der Waals surface area contributed by atoms with Gasteiger partial charge < -0.3 is 10.1 Å². The van der Waals surface area contributed by atoms with Crippen LogP contribution in [-0.4, -0.2) is 40.5 Å². The van der Waals surface area contributed by atoms with Gasteiger partial charge in [0.2, 0.25) is 5.91 Å². The number of amides is 1. The zero-order valence-corrected chi connectivity index (χ0v) is 18.1. The fraction of sp³-hybridized carbons (Fsp3) is 0.318. The number of halogens is 1. The van der Waals surface area contributed by atoms with Gasteiger partial charge in [-0.15, -0.1) is 0 Å². The van der Waals surface area contributed by atoms with Crippen LogP contribution in [-0.2, 0) is 9.53 Å². The summed E-state index contributed by atoms with van der Waals surface area (Å²) in [7, 11) is 0. The van der Waals surface area contributed by atoms with E-state index in [1.165, 1.54) is 11.8 Å². The first kappa shape index (κ1) is 20.9. The number of nitrogens with one attached hydrogen (secondary N) is 1. The number of hydrogen-bond acceptors (Lipinski definition) is 5. The number of fused-ring (bicyclic) bond motifs is 1. The van der Waals surface area contributed by atoms with Crippen molar-refractivity contribution >= 4 is 40.2 Å². The van der Waals surface area contributed by atoms with Crippen molar-refractivity contribution in [3.8, 4) is 5.69 Å². The van der Waals surface area contributed by atoms with E-state index in [0.717, 1.165) is 25.0 Å². The van der Waals surface area contributed by atoms with Gasteiger partial charge in [-0.2, -0.15) is 0 Å². The summed E-state index contributed by atoms with van der Waals surface area (Å²) in [6, 6.07) is 12.7. The van der Waals surface area contributed by atoms with Gasteiger partial charge in [-0.05, 0) is 50.1 Å². The second kappa shape index (κ2) is 9.20. The first-order valence-corrected chi connectivity index (χ1v) is 11.2. The molecule has 0 spiro atoms. The molecule has 8 heteroatoms. The molecule has 6 nitrogen and oxygen atoms in total. The van der Waals surface area contributed by atoms with Gasteiger partial charge in [0.05, 0.1) is 28.4 Å². The molecule has 4 rings (SSSR count). The van der Waals surface area contributed by atoms with Crippen molar-refractivity contribution in [3.05, 3.63) is 63.4 Å². The number of rotatable bonds is 6. The molecule has 1 aliphatic rings. The smallest absolute Gasteiger partial charge is 0.266 e. The number of hydrogen-bond donors (Lipinski definition) is 1. The highest BCUT2D eigenvalue weighted by molar-refractivity contribution is 7.99. The summed E-state index contributed by atoms with van der Waals surface area (Å²) in [5, 5.41) is 4.34. The minimum atomic E-state index is -0.192. The monoisotopic (exact) mass is 443 g/mol. The lowest BCUT2D eigenvalue weighted by molar-refractivity contribution is -0.119. The second-order valence-electron chi connectivity index (χ2n) is 7.26. The van der Waals surface area contributed by atoms with Crippen LogP contribution < -0.4 is 10.9 Å². The van der Waals surface area contributed by atoms with Crippen molar-refractivity contribution in [3.63, 3.8) is 0 Å². The van der Waals surface area contributed by atoms with Crippen LogP contribution >= 0.6 is 23.4 Å². The number of aromatic nitrogens is 2. The van der Waals surface area contributed by atoms with E-state index in [9.17, 15) is 9.59 Å². The van der Waals surface area contributed by atoms with Crippen molar-refractivity contribution < 1.29 is 9.53 Å². The Balaban J connectivity index is 1.62. The molecule has 2 aromatic carbocycles. The van der Waals surface area contributed by atoms with E-state index in [2.05, 4.69) is 10.3 Å². The zero-order chi connectivity index (χ0) is 21.1. The van der Waals surface area contributed by atoms with E-state index < -0.39 is 0 Å². The van der Waals surface area contributed by atoms with E-state index >= 15 is 0 Å². The molecule has 0 unspecified atom stereocenters. The minimum absolute atomic E-state index is 0.0885. The van der Waals surface area contributed by atoms with Crippen LogP contribution in [0.15, 0.2) is 52.4 Å². The molecule has 0 bridgehead atoms. The lowest BCUT2D eigenvalue weighted by Gasteiger charge is -2.14. The van der Waals surface area contributed by atoms with E-state index in [-0.39, 0.29) is 23.3 Å². The Bertz CT molecular complexity index is 1120. The molecule has 3 aromatic rings. The van der Waals surface area contributed by atoms with E-state index in [0.29, 0.717) is 33.3 Å². The molecular weight excluding hydrogens is 422 g/mol. The van der Waals surface area contributed by atoms with Crippen molar-refractivity contribution in [1.29, 1.82) is 0 Å². The lowest BCUT2D eigenvalue weighted by Crippen LogP contribution is -2.33. The average molecular weight is 444 g/mol. The summed E-state index contributed by atoms with van der Waals surface area (Å²) in [5.41, 5.74) is 2.12. The molecule has 1 atom stereocenters. The van der Waals surface area contributed by atoms with Crippen LogP contribution in [0.2, 0.25) is 5.02 Å². The Morgan fingerprint density at radius 2 is 2.10 bits per heavy atom. The number of nitrogens with zero attached hydrogens (tertiary/aromatic N) is 2. The van der Waals surface area contributed by atoms with Gasteiger partial charge in [0.25, 0.3) is 5.56 Å². The van der Waals surface area contributed by atoms with Gasteiger partial charge in [-0.3, -0.25) is 14.2 Å². The molecule has 30 heavy (non-hydrogen) atoms. The molecular formula is C22H22ClN3O3S. The van der Waals surface area contributed by atoms with Crippen molar-refractivity contribution in [2.45, 2.75) is 31.0 Å². The third-order valence-electron chi connectivity index (χ3n) is 4.98. The predicted molar refractivity (Wildman–Crippen MR) is 120 cm³/mol. The number of thioether (sulfide) groups is 1. The van der Waals surface area contributed by atoms with Gasteiger partial charge in [0.1, 0.15) is 0 Å². The first-order chi connectivity index (χ1) is 14.5. The third-order valence-corrected chi connectivity index (χ3v) is 6.15. The number of aryl methyl sites for hydroxylation is 1. The number of benzene rings is 2. The van der Waals surface area contributed by atoms with Gasteiger partial charge in [-0.1, -0.05) is 41.1 Å². The van der Waals surface area contributed by atoms with Gasteiger partial charge in [0.15, 0.2) is 5.16 Å². The van der Waals surface area contributed by atoms with Crippen molar-refractivity contribution in [2.24, 2.45) is 0 Å². The number of ether oxygens (including phenoxy) is 1. The van der Waals surface area contributed by atoms with Crippen LogP contribution in [0.3, 0.4) is 0 Å². The largest absolute Gasteiger partial charge is 0.376 e. The Kier molecular flexibility index (Phi) is 6.41. The predicted octanol–water partition coefficient (Wildman–Crippen LogP) is 3.73. The maximum Gasteiger partial charge on any atom is 0.266 e. The Morgan fingerprint density at radius 1 is 1.30 bits per heavy atom. The molecule has 1 aliphatic heterocycles. The molecule has 1 aromatic heterocycles. The summed E-state index contributed by atoms with van der Waals surface area (Å²) >= 11 is 7.32. The van der Waals surface area contributed by atoms with Crippen LogP contribution in [0.4, 0.5) is 0 Å². The maximum atomic E-state index is 13.2. The summed E-state index contributed by atoms with van der Waals surface area (Å²) in [6.07, 6.45) is 2.08. The standard InChI is InChI=1S/C22H22ClN3O3S/c1-14-4-7-16(8-5-14)26-21(28)18-9-6-15(23)11-19(18)25-22(26)30-13-20(27)24-12-17-3-2-10-29-17/h4-9,11,17H,2-3,10,12-13H2,1H3,(H,24,27)/t17-/m0/s1. The highest BCUT2D eigenvalue weighted by Gasteiger charge is 2.18. The normalized spacial score (nSPS) is 16.1. The van der Waals surface area contributed by atoms with Gasteiger partial charge >= 0.3 is 0 Å². The zero-order valence-electron chi connectivity index (χ0n) is 16.6. The van der Waals surface area contributed by atoms with Crippen LogP contribution in [0.25, 0.3) is 16.6 Å². The fourth-order valence-electron chi connectivity index (χ4n) is 3.37. The highest BCUT2D eigenvalue weighted by atomic mass is 35.5. The summed E-state index contributed by atoms with van der Waals surface area (Å²) in [6.45, 7) is 3.24. The first-order valence-electron chi connectivity index (χ1n) is 9.82. The molecule has 0 aliphatic carbocycles. The SMILES string of the molecule is Cc1ccc(-n2c(SCC(=O)NC[C@@H]3CCCO3)nc3cc(Cl)ccc3c2=O)cc1. The van der Waals surface area contributed by atoms with Crippen molar-refractivity contribution in [1.82, 2.24) is 14.9 Å². The minimum Gasteiger partial charge on any atom is -0.376 e. The average Bonchev–Trinajstić information content (AvgIpc) is 3.25. The maximum absolute atomic E-state index is 13.2. The Labute approximate surface area is 183 Å². The molecule has 1 N–H and O–H groups in total. The second-order valence-corrected chi connectivity index (χ2v) is 8.64. The molecule has 156 valence electrons. The Morgan fingerprint density at radius 3 is 2.83 bits per heavy atom. The molecule has 2 heterocycles. The fourth-order valence-corrected chi connectivity index (χ4v) is 4.38. The van der Waals surface area contributed by atoms with Crippen LogP contribution in [0, 0.1) is 6.92 Å². The molecule has 1 saturated heterocycles. The van der Waals surface area contributed by atoms with E-state index in [1.54, 1.807) is 22.8 Å². The van der Waals surface area contributed by atoms with Crippen LogP contribution in [0.5, 0.6) is 0 Å². The molecule has 1 amide bonds. The van der Waals surface area contributed by atoms with Crippen molar-refractivity contribution in [2.75, 3.05) is 18.9 Å². The number of carbonyl (C=O) groups is 1. The highest BCUT2D eigenvalue weighted by Crippen LogP contribution is 2.23. The topological polar surface area (TPSA) is 73.2 Å². The lowest BCUT2D eigenvalue weighted by atomic mass is 10.2. The summed E-state index contributed by atoms with van der Waals surface area (Å²) < 4.78 is 7.09. The Hall–Kier alpha value is -2.35. The third kappa shape index (κ3) is 4.69. The quantitative estimate of drug-likeness (QED) is 0.464. The van der Waals surface area contributed by atoms with Gasteiger partial charge in [0, 0.05) is 18.2 Å².